The third-order valence-corrected chi connectivity index (χ3v) is 3.66. The zero-order valence-electron chi connectivity index (χ0n) is 12.2. The molecular formula is C16H23NO3. The average molecular weight is 277 g/mol. The van der Waals surface area contributed by atoms with E-state index in [-0.39, 0.29) is 18.0 Å². The first-order chi connectivity index (χ1) is 9.70. The van der Waals surface area contributed by atoms with E-state index in [2.05, 4.69) is 11.8 Å². The van der Waals surface area contributed by atoms with E-state index >= 15 is 0 Å². The van der Waals surface area contributed by atoms with Crippen LogP contribution in [-0.2, 0) is 14.3 Å². The number of nitrogens with zero attached hydrogens (tertiary/aromatic N) is 1. The van der Waals surface area contributed by atoms with Gasteiger partial charge >= 0.3 is 5.97 Å². The van der Waals surface area contributed by atoms with E-state index in [0.29, 0.717) is 6.54 Å². The maximum absolute atomic E-state index is 12.1. The lowest BCUT2D eigenvalue weighted by molar-refractivity contribution is -0.143. The summed E-state index contributed by atoms with van der Waals surface area (Å²) in [4.78, 5) is 14.4. The average Bonchev–Trinajstić information content (AvgIpc) is 2.69. The van der Waals surface area contributed by atoms with E-state index in [1.807, 2.05) is 30.3 Å². The molecule has 1 saturated heterocycles. The van der Waals surface area contributed by atoms with Gasteiger partial charge in [0, 0.05) is 26.2 Å². The number of rotatable bonds is 4. The van der Waals surface area contributed by atoms with Gasteiger partial charge in [-0.15, -0.1) is 0 Å². The third-order valence-electron chi connectivity index (χ3n) is 3.66. The molecule has 0 amide bonds. The molecule has 0 saturated carbocycles. The first-order valence-electron chi connectivity index (χ1n) is 7.17. The normalized spacial score (nSPS) is 22.0. The van der Waals surface area contributed by atoms with Gasteiger partial charge in [-0.1, -0.05) is 30.3 Å². The molecule has 1 aliphatic heterocycles. The number of carbonyl (C=O) groups excluding carboxylic acids is 1. The number of hydrogen-bond acceptors (Lipinski definition) is 4. The molecule has 20 heavy (non-hydrogen) atoms. The van der Waals surface area contributed by atoms with Crippen LogP contribution in [0.4, 0.5) is 0 Å². The fourth-order valence-corrected chi connectivity index (χ4v) is 2.65. The van der Waals surface area contributed by atoms with Gasteiger partial charge < -0.3 is 9.47 Å². The Morgan fingerprint density at radius 2 is 2.20 bits per heavy atom. The SMILES string of the molecule is COC(=O)C(CN1CCCOC(C)C1)c1ccccc1. The summed E-state index contributed by atoms with van der Waals surface area (Å²) in [6.45, 7) is 5.38. The molecule has 0 aromatic heterocycles. The summed E-state index contributed by atoms with van der Waals surface area (Å²) in [5.41, 5.74) is 1.01. The Kier molecular flexibility index (Phi) is 5.56. The van der Waals surface area contributed by atoms with Gasteiger partial charge in [0.1, 0.15) is 0 Å². The smallest absolute Gasteiger partial charge is 0.314 e. The standard InChI is InChI=1S/C16H23NO3/c1-13-11-17(9-6-10-20-13)12-15(16(18)19-2)14-7-4-3-5-8-14/h3-5,7-8,13,15H,6,9-12H2,1-2H3. The zero-order chi connectivity index (χ0) is 14.4. The van der Waals surface area contributed by atoms with Crippen LogP contribution in [0.15, 0.2) is 30.3 Å². The van der Waals surface area contributed by atoms with Crippen molar-refractivity contribution in [2.75, 3.05) is 33.4 Å². The minimum absolute atomic E-state index is 0.172. The molecule has 2 atom stereocenters. The summed E-state index contributed by atoms with van der Waals surface area (Å²) in [5.74, 6) is -0.402. The lowest BCUT2D eigenvalue weighted by atomic mass is 9.98. The van der Waals surface area contributed by atoms with E-state index < -0.39 is 0 Å². The molecule has 0 bridgehead atoms. The van der Waals surface area contributed by atoms with Crippen LogP contribution in [0, 0.1) is 0 Å². The molecule has 1 aliphatic rings. The van der Waals surface area contributed by atoms with Gasteiger partial charge in [0.2, 0.25) is 0 Å². The highest BCUT2D eigenvalue weighted by molar-refractivity contribution is 5.78. The van der Waals surface area contributed by atoms with Crippen molar-refractivity contribution in [1.82, 2.24) is 4.90 Å². The number of carbonyl (C=O) groups is 1. The Hall–Kier alpha value is -1.39. The van der Waals surface area contributed by atoms with Crippen molar-refractivity contribution < 1.29 is 14.3 Å². The van der Waals surface area contributed by atoms with Gasteiger partial charge in [0.25, 0.3) is 0 Å². The lowest BCUT2D eigenvalue weighted by Gasteiger charge is -2.26. The van der Waals surface area contributed by atoms with Crippen molar-refractivity contribution in [2.24, 2.45) is 0 Å². The molecule has 0 spiro atoms. The van der Waals surface area contributed by atoms with Gasteiger partial charge in [-0.05, 0) is 18.9 Å². The predicted molar refractivity (Wildman–Crippen MR) is 77.7 cm³/mol. The summed E-state index contributed by atoms with van der Waals surface area (Å²) >= 11 is 0. The Morgan fingerprint density at radius 1 is 1.45 bits per heavy atom. The number of ether oxygens (including phenoxy) is 2. The Morgan fingerprint density at radius 3 is 2.90 bits per heavy atom. The van der Waals surface area contributed by atoms with Gasteiger partial charge in [0.15, 0.2) is 0 Å². The Bertz CT molecular complexity index is 421. The molecule has 1 aromatic carbocycles. The molecule has 1 heterocycles. The van der Waals surface area contributed by atoms with E-state index in [9.17, 15) is 4.79 Å². The Labute approximate surface area is 120 Å². The van der Waals surface area contributed by atoms with Gasteiger partial charge in [-0.2, -0.15) is 0 Å². The number of methoxy groups -OCH3 is 1. The molecule has 2 rings (SSSR count). The van der Waals surface area contributed by atoms with Crippen molar-refractivity contribution >= 4 is 5.97 Å². The lowest BCUT2D eigenvalue weighted by Crippen LogP contribution is -2.36. The highest BCUT2D eigenvalue weighted by Crippen LogP contribution is 2.20. The molecule has 1 fully saturated rings. The highest BCUT2D eigenvalue weighted by atomic mass is 16.5. The zero-order valence-corrected chi connectivity index (χ0v) is 12.2. The molecular weight excluding hydrogens is 254 g/mol. The van der Waals surface area contributed by atoms with Crippen LogP contribution in [0.3, 0.4) is 0 Å². The second kappa shape index (κ2) is 7.41. The Balaban J connectivity index is 2.09. The molecule has 0 radical (unpaired) electrons. The van der Waals surface area contributed by atoms with E-state index in [4.69, 9.17) is 9.47 Å². The first-order valence-corrected chi connectivity index (χ1v) is 7.17. The highest BCUT2D eigenvalue weighted by Gasteiger charge is 2.26. The van der Waals surface area contributed by atoms with Crippen LogP contribution in [0.1, 0.15) is 24.8 Å². The summed E-state index contributed by atoms with van der Waals surface area (Å²) in [6, 6.07) is 9.84. The maximum Gasteiger partial charge on any atom is 0.314 e. The van der Waals surface area contributed by atoms with Crippen LogP contribution in [-0.4, -0.2) is 50.3 Å². The predicted octanol–water partition coefficient (Wildman–Crippen LogP) is 2.05. The number of esters is 1. The van der Waals surface area contributed by atoms with Crippen LogP contribution in [0.2, 0.25) is 0 Å². The van der Waals surface area contributed by atoms with Gasteiger partial charge in [-0.3, -0.25) is 9.69 Å². The summed E-state index contributed by atoms with van der Waals surface area (Å²) in [7, 11) is 1.45. The minimum atomic E-state index is -0.230. The van der Waals surface area contributed by atoms with Crippen molar-refractivity contribution in [1.29, 1.82) is 0 Å². The van der Waals surface area contributed by atoms with Crippen molar-refractivity contribution in [3.63, 3.8) is 0 Å². The van der Waals surface area contributed by atoms with Crippen LogP contribution in [0.5, 0.6) is 0 Å². The fourth-order valence-electron chi connectivity index (χ4n) is 2.65. The van der Waals surface area contributed by atoms with Gasteiger partial charge in [-0.25, -0.2) is 0 Å². The summed E-state index contributed by atoms with van der Waals surface area (Å²) < 4.78 is 10.6. The second-order valence-electron chi connectivity index (χ2n) is 5.28. The molecule has 0 N–H and O–H groups in total. The largest absolute Gasteiger partial charge is 0.469 e. The van der Waals surface area contributed by atoms with Crippen molar-refractivity contribution in [3.8, 4) is 0 Å². The van der Waals surface area contributed by atoms with E-state index in [1.165, 1.54) is 7.11 Å². The van der Waals surface area contributed by atoms with Crippen molar-refractivity contribution in [2.45, 2.75) is 25.4 Å². The number of benzene rings is 1. The molecule has 0 aliphatic carbocycles. The maximum atomic E-state index is 12.1. The number of hydrogen-bond donors (Lipinski definition) is 0. The fraction of sp³-hybridized carbons (Fsp3) is 0.562. The third kappa shape index (κ3) is 4.05. The summed E-state index contributed by atoms with van der Waals surface area (Å²) in [6.07, 6.45) is 1.22. The quantitative estimate of drug-likeness (QED) is 0.790. The molecule has 4 heteroatoms. The van der Waals surface area contributed by atoms with E-state index in [0.717, 1.165) is 31.7 Å². The molecule has 1 aromatic rings. The van der Waals surface area contributed by atoms with Crippen LogP contribution < -0.4 is 0 Å². The molecule has 2 unspecified atom stereocenters. The first kappa shape index (κ1) is 15.0. The molecule has 110 valence electrons. The minimum Gasteiger partial charge on any atom is -0.469 e. The monoisotopic (exact) mass is 277 g/mol. The van der Waals surface area contributed by atoms with Gasteiger partial charge in [0.05, 0.1) is 19.1 Å². The summed E-state index contributed by atoms with van der Waals surface area (Å²) in [5, 5.41) is 0. The second-order valence-corrected chi connectivity index (χ2v) is 5.28. The molecule has 4 nitrogen and oxygen atoms in total. The van der Waals surface area contributed by atoms with E-state index in [1.54, 1.807) is 0 Å². The van der Waals surface area contributed by atoms with Crippen molar-refractivity contribution in [3.05, 3.63) is 35.9 Å². The van der Waals surface area contributed by atoms with Crippen LogP contribution >= 0.6 is 0 Å². The topological polar surface area (TPSA) is 38.8 Å². The van der Waals surface area contributed by atoms with Crippen LogP contribution in [0.25, 0.3) is 0 Å².